The Hall–Kier alpha value is -2.16. The van der Waals surface area contributed by atoms with Crippen LogP contribution >= 0.6 is 0 Å². The van der Waals surface area contributed by atoms with E-state index in [4.69, 9.17) is 5.73 Å². The van der Waals surface area contributed by atoms with Gasteiger partial charge < -0.3 is 5.73 Å². The van der Waals surface area contributed by atoms with Crippen LogP contribution in [0.4, 0.5) is 0 Å². The molecule has 17 heavy (non-hydrogen) atoms. The zero-order valence-electron chi connectivity index (χ0n) is 9.31. The number of nitrogens with zero attached hydrogens (tertiary/aromatic N) is 1. The third-order valence-corrected chi connectivity index (χ3v) is 3.20. The molecule has 1 aliphatic heterocycles. The minimum atomic E-state index is -0.385. The van der Waals surface area contributed by atoms with E-state index < -0.39 is 0 Å². The van der Waals surface area contributed by atoms with Gasteiger partial charge in [0.1, 0.15) is 0 Å². The maximum absolute atomic E-state index is 11.2. The first-order valence-electron chi connectivity index (χ1n) is 5.58. The van der Waals surface area contributed by atoms with Crippen molar-refractivity contribution in [1.82, 2.24) is 0 Å². The number of rotatable bonds is 1. The third-order valence-electron chi connectivity index (χ3n) is 3.20. The average Bonchev–Trinajstić information content (AvgIpc) is 2.38. The van der Waals surface area contributed by atoms with Gasteiger partial charge in [0.2, 0.25) is 5.91 Å². The van der Waals surface area contributed by atoms with Crippen LogP contribution < -0.4 is 5.73 Å². The summed E-state index contributed by atoms with van der Waals surface area (Å²) in [6, 6.07) is 9.79. The molecule has 3 heteroatoms. The monoisotopic (exact) mass is 224 g/mol. The molecule has 0 saturated carbocycles. The van der Waals surface area contributed by atoms with Gasteiger partial charge in [-0.15, -0.1) is 0 Å². The number of benzene rings is 2. The second kappa shape index (κ2) is 3.70. The Morgan fingerprint density at radius 2 is 2.06 bits per heavy atom. The Labute approximate surface area is 99.0 Å². The fourth-order valence-electron chi connectivity index (χ4n) is 2.28. The van der Waals surface area contributed by atoms with Gasteiger partial charge >= 0.3 is 0 Å². The molecule has 0 spiro atoms. The predicted octanol–water partition coefficient (Wildman–Crippen LogP) is 2.07. The van der Waals surface area contributed by atoms with Crippen LogP contribution in [-0.4, -0.2) is 12.1 Å². The lowest BCUT2D eigenvalue weighted by Gasteiger charge is -2.14. The van der Waals surface area contributed by atoms with E-state index in [0.717, 1.165) is 17.2 Å². The molecule has 3 nitrogen and oxygen atoms in total. The Morgan fingerprint density at radius 1 is 1.24 bits per heavy atom. The van der Waals surface area contributed by atoms with E-state index in [0.29, 0.717) is 12.1 Å². The highest BCUT2D eigenvalue weighted by Crippen LogP contribution is 2.26. The second-order valence-electron chi connectivity index (χ2n) is 4.23. The molecule has 84 valence electrons. The minimum absolute atomic E-state index is 0.385. The summed E-state index contributed by atoms with van der Waals surface area (Å²) in [5.74, 6) is -0.385. The van der Waals surface area contributed by atoms with Crippen LogP contribution in [-0.2, 0) is 13.0 Å². The number of hydrogen-bond acceptors (Lipinski definition) is 2. The number of carbonyl (C=O) groups is 1. The Balaban J connectivity index is 2.30. The summed E-state index contributed by atoms with van der Waals surface area (Å²) in [6.45, 7) is 0.689. The molecule has 0 unspecified atom stereocenters. The molecule has 0 bridgehead atoms. The molecule has 2 N–H and O–H groups in total. The zero-order valence-corrected chi connectivity index (χ0v) is 9.31. The molecule has 3 rings (SSSR count). The quantitative estimate of drug-likeness (QED) is 0.792. The van der Waals surface area contributed by atoms with Crippen molar-refractivity contribution in [2.45, 2.75) is 13.0 Å². The van der Waals surface area contributed by atoms with Gasteiger partial charge in [-0.05, 0) is 34.0 Å². The van der Waals surface area contributed by atoms with Gasteiger partial charge in [0.05, 0.1) is 6.54 Å². The van der Waals surface area contributed by atoms with Gasteiger partial charge in [-0.1, -0.05) is 18.2 Å². The molecule has 2 aromatic rings. The zero-order chi connectivity index (χ0) is 11.8. The van der Waals surface area contributed by atoms with Gasteiger partial charge in [-0.2, -0.15) is 0 Å². The Morgan fingerprint density at radius 3 is 2.88 bits per heavy atom. The Kier molecular flexibility index (Phi) is 2.18. The molecule has 0 aromatic heterocycles. The lowest BCUT2D eigenvalue weighted by molar-refractivity contribution is 0.100. The van der Waals surface area contributed by atoms with Gasteiger partial charge in [0.15, 0.2) is 0 Å². The maximum Gasteiger partial charge on any atom is 0.248 e. The van der Waals surface area contributed by atoms with Crippen LogP contribution in [0.2, 0.25) is 0 Å². The number of aliphatic imine (C=N–C) groups is 1. The van der Waals surface area contributed by atoms with Crippen molar-refractivity contribution in [2.24, 2.45) is 10.7 Å². The van der Waals surface area contributed by atoms with E-state index in [1.165, 1.54) is 11.1 Å². The van der Waals surface area contributed by atoms with Crippen molar-refractivity contribution in [3.63, 3.8) is 0 Å². The smallest absolute Gasteiger partial charge is 0.248 e. The number of amides is 1. The van der Waals surface area contributed by atoms with Crippen LogP contribution in [0.15, 0.2) is 35.3 Å². The highest BCUT2D eigenvalue weighted by Gasteiger charge is 2.11. The van der Waals surface area contributed by atoms with Gasteiger partial charge in [-0.3, -0.25) is 9.79 Å². The van der Waals surface area contributed by atoms with Crippen molar-refractivity contribution in [2.75, 3.05) is 0 Å². The summed E-state index contributed by atoms with van der Waals surface area (Å²) < 4.78 is 0. The topological polar surface area (TPSA) is 55.5 Å². The molecule has 0 atom stereocenters. The fourth-order valence-corrected chi connectivity index (χ4v) is 2.28. The van der Waals surface area contributed by atoms with Crippen molar-refractivity contribution in [3.05, 3.63) is 47.0 Å². The fraction of sp³-hybridized carbons (Fsp3) is 0.143. The third kappa shape index (κ3) is 1.60. The summed E-state index contributed by atoms with van der Waals surface area (Å²) in [7, 11) is 0. The van der Waals surface area contributed by atoms with Gasteiger partial charge in [-0.25, -0.2) is 0 Å². The largest absolute Gasteiger partial charge is 0.366 e. The van der Waals surface area contributed by atoms with Crippen LogP contribution in [0.25, 0.3) is 10.8 Å². The van der Waals surface area contributed by atoms with Crippen molar-refractivity contribution >= 4 is 22.9 Å². The lowest BCUT2D eigenvalue weighted by atomic mass is 9.94. The first kappa shape index (κ1) is 10.0. The molecule has 2 aromatic carbocycles. The molecule has 0 saturated heterocycles. The van der Waals surface area contributed by atoms with Crippen molar-refractivity contribution < 1.29 is 4.79 Å². The highest BCUT2D eigenvalue weighted by atomic mass is 16.1. The molecule has 0 aliphatic carbocycles. The van der Waals surface area contributed by atoms with Crippen LogP contribution in [0.3, 0.4) is 0 Å². The van der Waals surface area contributed by atoms with E-state index in [-0.39, 0.29) is 5.91 Å². The predicted molar refractivity (Wildman–Crippen MR) is 68.4 cm³/mol. The SMILES string of the molecule is NC(=O)c1ccc2ccc3c(c2c1)CN=CC3. The summed E-state index contributed by atoms with van der Waals surface area (Å²) >= 11 is 0. The standard InChI is InChI=1S/C14H12N2O/c15-14(17)11-4-3-9-1-2-10-5-6-16-8-13(10)12(9)7-11/h1-4,6-7H,5,8H2,(H2,15,17). The van der Waals surface area contributed by atoms with Gasteiger partial charge in [0, 0.05) is 18.2 Å². The van der Waals surface area contributed by atoms with E-state index in [2.05, 4.69) is 17.1 Å². The Bertz CT molecular complexity index is 644. The molecule has 1 aliphatic rings. The van der Waals surface area contributed by atoms with E-state index >= 15 is 0 Å². The van der Waals surface area contributed by atoms with E-state index in [1.54, 1.807) is 6.07 Å². The lowest BCUT2D eigenvalue weighted by Crippen LogP contribution is -2.11. The van der Waals surface area contributed by atoms with Crippen LogP contribution in [0.5, 0.6) is 0 Å². The summed E-state index contributed by atoms with van der Waals surface area (Å²) in [4.78, 5) is 15.5. The first-order chi connectivity index (χ1) is 8.25. The van der Waals surface area contributed by atoms with E-state index in [9.17, 15) is 4.79 Å². The maximum atomic E-state index is 11.2. The first-order valence-corrected chi connectivity index (χ1v) is 5.58. The number of hydrogen-bond donors (Lipinski definition) is 1. The van der Waals surface area contributed by atoms with Crippen LogP contribution in [0, 0.1) is 0 Å². The van der Waals surface area contributed by atoms with Crippen LogP contribution in [0.1, 0.15) is 21.5 Å². The molecule has 0 fully saturated rings. The van der Waals surface area contributed by atoms with E-state index in [1.807, 2.05) is 18.3 Å². The molecule has 0 radical (unpaired) electrons. The molecule has 1 amide bonds. The summed E-state index contributed by atoms with van der Waals surface area (Å²) in [5, 5.41) is 2.22. The number of primary amides is 1. The summed E-state index contributed by atoms with van der Waals surface area (Å²) in [5.41, 5.74) is 8.37. The number of nitrogens with two attached hydrogens (primary N) is 1. The number of fused-ring (bicyclic) bond motifs is 3. The van der Waals surface area contributed by atoms with Gasteiger partial charge in [0.25, 0.3) is 0 Å². The van der Waals surface area contributed by atoms with Crippen molar-refractivity contribution in [3.8, 4) is 0 Å². The normalized spacial score (nSPS) is 13.6. The second-order valence-corrected chi connectivity index (χ2v) is 4.23. The minimum Gasteiger partial charge on any atom is -0.366 e. The number of carbonyl (C=O) groups excluding carboxylic acids is 1. The average molecular weight is 224 g/mol. The molecular formula is C14H12N2O. The van der Waals surface area contributed by atoms with Crippen molar-refractivity contribution in [1.29, 1.82) is 0 Å². The molecular weight excluding hydrogens is 212 g/mol. The molecule has 1 heterocycles. The highest BCUT2D eigenvalue weighted by molar-refractivity contribution is 5.99. The summed E-state index contributed by atoms with van der Waals surface area (Å²) in [6.07, 6.45) is 2.80.